The standard InChI is InChI=1S/C12H11OP.C12H18.2ClH.Ru/c13-14(11-7-3-1-4-8-11)12-9-5-2-6-10-12;1-7-8(2)10(4)12(6)11(5)9(7)3;;;/h1-10,13H;1-6H3;2*1H;. The second kappa shape index (κ2) is 14.3. The largest absolute Gasteiger partial charge is 0.364 e. The van der Waals surface area contributed by atoms with Crippen LogP contribution < -0.4 is 10.6 Å². The smallest absolute Gasteiger partial charge is 0.0877 e. The van der Waals surface area contributed by atoms with Crippen LogP contribution in [-0.2, 0) is 19.5 Å². The zero-order valence-electron chi connectivity index (χ0n) is 17.8. The second-order valence-corrected chi connectivity index (χ2v) is 8.39. The van der Waals surface area contributed by atoms with E-state index in [4.69, 9.17) is 0 Å². The van der Waals surface area contributed by atoms with Crippen molar-refractivity contribution >= 4 is 43.6 Å². The van der Waals surface area contributed by atoms with Gasteiger partial charge < -0.3 is 4.89 Å². The van der Waals surface area contributed by atoms with E-state index in [9.17, 15) is 4.89 Å². The molecule has 0 saturated heterocycles. The molecule has 0 aliphatic carbocycles. The van der Waals surface area contributed by atoms with Gasteiger partial charge in [-0.1, -0.05) is 60.7 Å². The maximum atomic E-state index is 10.1. The van der Waals surface area contributed by atoms with Gasteiger partial charge in [0.1, 0.15) is 0 Å². The molecule has 1 nitrogen and oxygen atoms in total. The van der Waals surface area contributed by atoms with Gasteiger partial charge >= 0.3 is 0 Å². The molecule has 3 aromatic carbocycles. The van der Waals surface area contributed by atoms with Crippen LogP contribution in [0.4, 0.5) is 0 Å². The molecule has 0 aliphatic rings. The third-order valence-corrected chi connectivity index (χ3v) is 6.95. The summed E-state index contributed by atoms with van der Waals surface area (Å²) >= 11 is 0. The summed E-state index contributed by atoms with van der Waals surface area (Å²) in [5, 5.41) is 1.99. The molecule has 3 rings (SSSR count). The van der Waals surface area contributed by atoms with Gasteiger partial charge in [-0.25, -0.2) is 0 Å². The molecule has 0 unspecified atom stereocenters. The number of rotatable bonds is 2. The number of hydrogen-bond donors (Lipinski definition) is 1. The zero-order valence-corrected chi connectivity index (χ0v) is 22.1. The van der Waals surface area contributed by atoms with E-state index in [1.807, 2.05) is 60.7 Å². The predicted molar refractivity (Wildman–Crippen MR) is 131 cm³/mol. The molecule has 5 heteroatoms. The van der Waals surface area contributed by atoms with Crippen molar-refractivity contribution in [1.82, 2.24) is 0 Å². The summed E-state index contributed by atoms with van der Waals surface area (Å²) in [7, 11) is -1.17. The Morgan fingerprint density at radius 1 is 0.483 bits per heavy atom. The molecule has 3 aromatic rings. The molecule has 0 aromatic heterocycles. The first kappa shape index (κ1) is 30.4. The van der Waals surface area contributed by atoms with E-state index in [0.29, 0.717) is 0 Å². The Morgan fingerprint density at radius 2 is 0.690 bits per heavy atom. The Hall–Kier alpha value is -0.747. The molecule has 160 valence electrons. The third kappa shape index (κ3) is 7.78. The average molecular weight is 538 g/mol. The van der Waals surface area contributed by atoms with Crippen LogP contribution in [0, 0.1) is 41.5 Å². The molecule has 0 fully saturated rings. The van der Waals surface area contributed by atoms with Crippen molar-refractivity contribution < 1.29 is 24.4 Å². The van der Waals surface area contributed by atoms with Crippen LogP contribution >= 0.6 is 33.0 Å². The van der Waals surface area contributed by atoms with Crippen molar-refractivity contribution in [3.8, 4) is 0 Å². The van der Waals surface area contributed by atoms with Crippen LogP contribution in [0.5, 0.6) is 0 Å². The maximum absolute atomic E-state index is 10.1. The summed E-state index contributed by atoms with van der Waals surface area (Å²) in [6, 6.07) is 19.5. The summed E-state index contributed by atoms with van der Waals surface area (Å²) in [4.78, 5) is 10.1. The summed E-state index contributed by atoms with van der Waals surface area (Å²) in [5.41, 5.74) is 8.73. The van der Waals surface area contributed by atoms with Crippen LogP contribution in [-0.4, -0.2) is 4.89 Å². The molecule has 1 N–H and O–H groups in total. The van der Waals surface area contributed by atoms with Crippen LogP contribution in [0.1, 0.15) is 33.4 Å². The van der Waals surface area contributed by atoms with Gasteiger partial charge in [-0.15, -0.1) is 24.8 Å². The first-order valence-corrected chi connectivity index (χ1v) is 10.3. The van der Waals surface area contributed by atoms with Gasteiger partial charge in [-0.3, -0.25) is 0 Å². The van der Waals surface area contributed by atoms with Crippen molar-refractivity contribution in [2.45, 2.75) is 41.5 Å². The Labute approximate surface area is 202 Å². The number of benzene rings is 3. The molecule has 0 heterocycles. The van der Waals surface area contributed by atoms with Crippen molar-refractivity contribution in [2.75, 3.05) is 0 Å². The van der Waals surface area contributed by atoms with Crippen molar-refractivity contribution in [3.05, 3.63) is 94.0 Å². The number of halogens is 2. The first-order chi connectivity index (χ1) is 12.3. The van der Waals surface area contributed by atoms with E-state index < -0.39 is 8.15 Å². The topological polar surface area (TPSA) is 20.2 Å². The fourth-order valence-electron chi connectivity index (χ4n) is 2.97. The Balaban J connectivity index is 0. The van der Waals surface area contributed by atoms with Gasteiger partial charge in [0.05, 0.1) is 8.15 Å². The van der Waals surface area contributed by atoms with E-state index in [-0.39, 0.29) is 44.3 Å². The van der Waals surface area contributed by atoms with E-state index in [1.165, 1.54) is 33.4 Å². The van der Waals surface area contributed by atoms with Crippen molar-refractivity contribution in [3.63, 3.8) is 0 Å². The molecular formula is C24H31Cl2OPRu. The van der Waals surface area contributed by atoms with E-state index in [1.54, 1.807) is 0 Å². The minimum atomic E-state index is -1.17. The zero-order chi connectivity index (χ0) is 19.3. The van der Waals surface area contributed by atoms with E-state index in [2.05, 4.69) is 41.5 Å². The summed E-state index contributed by atoms with van der Waals surface area (Å²) in [5.74, 6) is 0. The molecule has 0 saturated carbocycles. The molecule has 0 bridgehead atoms. The molecule has 0 atom stereocenters. The Morgan fingerprint density at radius 3 is 0.897 bits per heavy atom. The molecule has 29 heavy (non-hydrogen) atoms. The average Bonchev–Trinajstić information content (AvgIpc) is 2.70. The summed E-state index contributed by atoms with van der Waals surface area (Å²) in [6.45, 7) is 13.3. The molecule has 0 aliphatic heterocycles. The van der Waals surface area contributed by atoms with Gasteiger partial charge in [0.2, 0.25) is 0 Å². The van der Waals surface area contributed by atoms with Gasteiger partial charge in [-0.2, -0.15) is 0 Å². The SMILES string of the molecule is Cc1c(C)c(C)c(C)c(C)c1C.Cl.Cl.OP(c1ccccc1)c1ccccc1.[Ru]. The fraction of sp³-hybridized carbons (Fsp3) is 0.250. The summed E-state index contributed by atoms with van der Waals surface area (Å²) < 4.78 is 0. The fourth-order valence-corrected chi connectivity index (χ4v) is 4.18. The van der Waals surface area contributed by atoms with Crippen LogP contribution in [0.25, 0.3) is 0 Å². The van der Waals surface area contributed by atoms with Gasteiger partial charge in [0.15, 0.2) is 0 Å². The maximum Gasteiger partial charge on any atom is 0.0877 e. The third-order valence-electron chi connectivity index (χ3n) is 5.38. The van der Waals surface area contributed by atoms with E-state index in [0.717, 1.165) is 10.6 Å². The van der Waals surface area contributed by atoms with Gasteiger partial charge in [-0.05, 0) is 74.9 Å². The molecular weight excluding hydrogens is 507 g/mol. The first-order valence-electron chi connectivity index (χ1n) is 8.97. The monoisotopic (exact) mass is 538 g/mol. The van der Waals surface area contributed by atoms with Crippen LogP contribution in [0.3, 0.4) is 0 Å². The van der Waals surface area contributed by atoms with Crippen LogP contribution in [0.2, 0.25) is 0 Å². The minimum Gasteiger partial charge on any atom is -0.364 e. The second-order valence-electron chi connectivity index (χ2n) is 6.73. The Bertz CT molecular complexity index is 727. The Kier molecular flexibility index (Phi) is 15.0. The van der Waals surface area contributed by atoms with Gasteiger partial charge in [0.25, 0.3) is 0 Å². The number of hydrogen-bond acceptors (Lipinski definition) is 1. The van der Waals surface area contributed by atoms with Gasteiger partial charge in [0, 0.05) is 30.1 Å². The minimum absolute atomic E-state index is 0. The predicted octanol–water partition coefficient (Wildman–Crippen LogP) is 6.40. The summed E-state index contributed by atoms with van der Waals surface area (Å²) in [6.07, 6.45) is 0. The van der Waals surface area contributed by atoms with Crippen molar-refractivity contribution in [2.24, 2.45) is 0 Å². The normalized spacial score (nSPS) is 9.38. The van der Waals surface area contributed by atoms with Crippen molar-refractivity contribution in [1.29, 1.82) is 0 Å². The quantitative estimate of drug-likeness (QED) is 0.296. The van der Waals surface area contributed by atoms with Crippen LogP contribution in [0.15, 0.2) is 60.7 Å². The van der Waals surface area contributed by atoms with E-state index >= 15 is 0 Å². The molecule has 0 amide bonds. The molecule has 0 spiro atoms. The molecule has 0 radical (unpaired) electrons.